The summed E-state index contributed by atoms with van der Waals surface area (Å²) in [5.41, 5.74) is 0. The van der Waals surface area contributed by atoms with E-state index in [-0.39, 0.29) is 22.9 Å². The smallest absolute Gasteiger partial charge is 0.242 e. The summed E-state index contributed by atoms with van der Waals surface area (Å²) in [5, 5.41) is 1.66. The van der Waals surface area contributed by atoms with Gasteiger partial charge in [-0.15, -0.1) is 0 Å². The zero-order valence-corrected chi connectivity index (χ0v) is 19.0. The lowest BCUT2D eigenvalue weighted by Gasteiger charge is -2.12. The minimum Gasteiger partial charge on any atom is -0.497 e. The third-order valence-electron chi connectivity index (χ3n) is 4.59. The van der Waals surface area contributed by atoms with Gasteiger partial charge in [-0.3, -0.25) is 0 Å². The quantitative estimate of drug-likeness (QED) is 0.488. The van der Waals surface area contributed by atoms with Crippen molar-refractivity contribution in [1.82, 2.24) is 9.03 Å². The van der Waals surface area contributed by atoms with Gasteiger partial charge in [-0.05, 0) is 59.3 Å². The molecule has 0 aromatic heterocycles. The zero-order valence-electron chi connectivity index (χ0n) is 17.4. The Morgan fingerprint density at radius 1 is 0.806 bits per heavy atom. The highest BCUT2D eigenvalue weighted by atomic mass is 32.2. The van der Waals surface area contributed by atoms with Crippen LogP contribution in [0.25, 0.3) is 10.8 Å². The van der Waals surface area contributed by atoms with Gasteiger partial charge in [0.15, 0.2) is 0 Å². The molecule has 0 unspecified atom stereocenters. The van der Waals surface area contributed by atoms with Gasteiger partial charge in [-0.2, -0.15) is 0 Å². The molecule has 166 valence electrons. The molecule has 8 nitrogen and oxygen atoms in total. The summed E-state index contributed by atoms with van der Waals surface area (Å²) in [5.74, 6) is 1.14. The number of hydrogen-bond acceptors (Lipinski definition) is 6. The Bertz CT molecular complexity index is 1270. The standard InChI is InChI=1S/C21H24N2O6S2/c1-23(2)31(26,27)20-10-7-18(8-11-20)29-13-12-22-30(24,25)21-9-5-16-14-19(28-3)6-4-17(16)15-21/h4-11,14-15,22H,12-13H2,1-3H3. The lowest BCUT2D eigenvalue weighted by atomic mass is 10.1. The van der Waals surface area contributed by atoms with Gasteiger partial charge in [0.05, 0.1) is 16.9 Å². The van der Waals surface area contributed by atoms with Gasteiger partial charge < -0.3 is 9.47 Å². The number of sulfonamides is 2. The van der Waals surface area contributed by atoms with Crippen LogP contribution in [0.2, 0.25) is 0 Å². The first-order valence-corrected chi connectivity index (χ1v) is 12.3. The molecule has 3 aromatic carbocycles. The van der Waals surface area contributed by atoms with Gasteiger partial charge in [-0.25, -0.2) is 25.9 Å². The first-order valence-electron chi connectivity index (χ1n) is 9.36. The molecule has 0 saturated heterocycles. The molecule has 0 aliphatic carbocycles. The van der Waals surface area contributed by atoms with Crippen LogP contribution in [-0.2, 0) is 20.0 Å². The van der Waals surface area contributed by atoms with Gasteiger partial charge in [0, 0.05) is 20.6 Å². The molecule has 0 heterocycles. The number of nitrogens with one attached hydrogen (secondary N) is 1. The highest BCUT2D eigenvalue weighted by Gasteiger charge is 2.17. The van der Waals surface area contributed by atoms with E-state index in [1.54, 1.807) is 31.4 Å². The number of hydrogen-bond donors (Lipinski definition) is 1. The lowest BCUT2D eigenvalue weighted by Crippen LogP contribution is -2.28. The van der Waals surface area contributed by atoms with Gasteiger partial charge in [0.25, 0.3) is 0 Å². The summed E-state index contributed by atoms with van der Waals surface area (Å²) in [7, 11) is -2.72. The van der Waals surface area contributed by atoms with Crippen LogP contribution in [0.1, 0.15) is 0 Å². The summed E-state index contributed by atoms with van der Waals surface area (Å²) in [4.78, 5) is 0.308. The number of nitrogens with zero attached hydrogens (tertiary/aromatic N) is 1. The molecule has 0 fully saturated rings. The number of methoxy groups -OCH3 is 1. The molecule has 31 heavy (non-hydrogen) atoms. The summed E-state index contributed by atoms with van der Waals surface area (Å²) in [6.07, 6.45) is 0. The fourth-order valence-electron chi connectivity index (χ4n) is 2.84. The SMILES string of the molecule is COc1ccc2cc(S(=O)(=O)NCCOc3ccc(S(=O)(=O)N(C)C)cc3)ccc2c1. The first kappa shape index (κ1) is 23.0. The molecule has 0 atom stereocenters. The fourth-order valence-corrected chi connectivity index (χ4v) is 4.79. The Labute approximate surface area is 182 Å². The Balaban J connectivity index is 1.59. The molecule has 0 spiro atoms. The Morgan fingerprint density at radius 3 is 2.03 bits per heavy atom. The normalized spacial score (nSPS) is 12.3. The predicted octanol–water partition coefficient (Wildman–Crippen LogP) is 2.46. The summed E-state index contributed by atoms with van der Waals surface area (Å²) in [6.45, 7) is 0.143. The minimum atomic E-state index is -3.70. The molecular weight excluding hydrogens is 440 g/mol. The second kappa shape index (κ2) is 9.23. The van der Waals surface area contributed by atoms with E-state index >= 15 is 0 Å². The van der Waals surface area contributed by atoms with Crippen LogP contribution < -0.4 is 14.2 Å². The van der Waals surface area contributed by atoms with Crippen molar-refractivity contribution in [2.75, 3.05) is 34.4 Å². The van der Waals surface area contributed by atoms with E-state index in [1.807, 2.05) is 6.07 Å². The predicted molar refractivity (Wildman–Crippen MR) is 118 cm³/mol. The number of fused-ring (bicyclic) bond motifs is 1. The van der Waals surface area contributed by atoms with E-state index in [9.17, 15) is 16.8 Å². The van der Waals surface area contributed by atoms with Crippen molar-refractivity contribution in [3.05, 3.63) is 60.7 Å². The average Bonchev–Trinajstić information content (AvgIpc) is 2.76. The van der Waals surface area contributed by atoms with Gasteiger partial charge in [0.1, 0.15) is 18.1 Å². The van der Waals surface area contributed by atoms with Crippen LogP contribution in [-0.4, -0.2) is 55.5 Å². The van der Waals surface area contributed by atoms with Crippen LogP contribution in [0.5, 0.6) is 11.5 Å². The second-order valence-electron chi connectivity index (χ2n) is 6.88. The zero-order chi connectivity index (χ0) is 22.6. The molecule has 0 aliphatic rings. The highest BCUT2D eigenvalue weighted by molar-refractivity contribution is 7.89. The van der Waals surface area contributed by atoms with Gasteiger partial charge >= 0.3 is 0 Å². The minimum absolute atomic E-state index is 0.0563. The maximum Gasteiger partial charge on any atom is 0.242 e. The molecule has 0 aliphatic heterocycles. The molecule has 0 bridgehead atoms. The molecule has 3 aromatic rings. The van der Waals surface area contributed by atoms with Crippen LogP contribution in [0.4, 0.5) is 0 Å². The summed E-state index contributed by atoms with van der Waals surface area (Å²) in [6, 6.07) is 16.2. The molecule has 0 saturated carbocycles. The highest BCUT2D eigenvalue weighted by Crippen LogP contribution is 2.23. The maximum atomic E-state index is 12.6. The topological polar surface area (TPSA) is 102 Å². The van der Waals surface area contributed by atoms with Crippen molar-refractivity contribution in [3.63, 3.8) is 0 Å². The van der Waals surface area contributed by atoms with E-state index < -0.39 is 20.0 Å². The van der Waals surface area contributed by atoms with Crippen LogP contribution in [0.15, 0.2) is 70.5 Å². The summed E-state index contributed by atoms with van der Waals surface area (Å²) < 4.78 is 63.6. The lowest BCUT2D eigenvalue weighted by molar-refractivity contribution is 0.322. The second-order valence-corrected chi connectivity index (χ2v) is 10.8. The van der Waals surface area contributed by atoms with E-state index in [1.165, 1.54) is 44.4 Å². The molecule has 10 heteroatoms. The van der Waals surface area contributed by atoms with Gasteiger partial charge in [0.2, 0.25) is 20.0 Å². The monoisotopic (exact) mass is 464 g/mol. The van der Waals surface area contributed by atoms with Crippen molar-refractivity contribution < 1.29 is 26.3 Å². The third-order valence-corrected chi connectivity index (χ3v) is 7.88. The fraction of sp³-hybridized carbons (Fsp3) is 0.238. The largest absolute Gasteiger partial charge is 0.497 e. The van der Waals surface area contributed by atoms with Crippen molar-refractivity contribution in [3.8, 4) is 11.5 Å². The Morgan fingerprint density at radius 2 is 1.39 bits per heavy atom. The number of benzene rings is 3. The molecule has 3 rings (SSSR count). The van der Waals surface area contributed by atoms with Crippen molar-refractivity contribution >= 4 is 30.8 Å². The van der Waals surface area contributed by atoms with Crippen molar-refractivity contribution in [1.29, 1.82) is 0 Å². The molecule has 0 radical (unpaired) electrons. The molecular formula is C21H24N2O6S2. The third kappa shape index (κ3) is 5.34. The Kier molecular flexibility index (Phi) is 6.85. The molecule has 1 N–H and O–H groups in total. The molecule has 0 amide bonds. The van der Waals surface area contributed by atoms with Crippen molar-refractivity contribution in [2.45, 2.75) is 9.79 Å². The number of ether oxygens (including phenoxy) is 2. The van der Waals surface area contributed by atoms with E-state index in [0.717, 1.165) is 15.1 Å². The Hall–Kier alpha value is -2.66. The average molecular weight is 465 g/mol. The van der Waals surface area contributed by atoms with E-state index in [4.69, 9.17) is 9.47 Å². The van der Waals surface area contributed by atoms with Gasteiger partial charge in [-0.1, -0.05) is 12.1 Å². The van der Waals surface area contributed by atoms with Crippen LogP contribution in [0.3, 0.4) is 0 Å². The van der Waals surface area contributed by atoms with E-state index in [0.29, 0.717) is 11.5 Å². The summed E-state index contributed by atoms with van der Waals surface area (Å²) >= 11 is 0. The van der Waals surface area contributed by atoms with Crippen LogP contribution >= 0.6 is 0 Å². The maximum absolute atomic E-state index is 12.6. The number of rotatable bonds is 9. The van der Waals surface area contributed by atoms with E-state index in [2.05, 4.69) is 4.72 Å². The van der Waals surface area contributed by atoms with Crippen LogP contribution in [0, 0.1) is 0 Å². The van der Waals surface area contributed by atoms with Crippen molar-refractivity contribution in [2.24, 2.45) is 0 Å². The first-order chi connectivity index (χ1) is 14.6.